The molecule has 106 valence electrons. The molecular formula is C13H15N3O4. The maximum atomic E-state index is 10.9. The summed E-state index contributed by atoms with van der Waals surface area (Å²) >= 11 is 0. The van der Waals surface area contributed by atoms with E-state index in [4.69, 9.17) is 10.00 Å². The molecule has 20 heavy (non-hydrogen) atoms. The molecule has 1 aliphatic heterocycles. The Kier molecular flexibility index (Phi) is 3.88. The summed E-state index contributed by atoms with van der Waals surface area (Å²) in [4.78, 5) is 10.3. The van der Waals surface area contributed by atoms with Crippen LogP contribution in [-0.2, 0) is 4.74 Å². The molecule has 0 radical (unpaired) electrons. The van der Waals surface area contributed by atoms with Crippen LogP contribution in [0.15, 0.2) is 18.2 Å². The van der Waals surface area contributed by atoms with Crippen molar-refractivity contribution in [2.45, 2.75) is 25.0 Å². The second-order valence-corrected chi connectivity index (χ2v) is 4.82. The molecule has 0 aromatic heterocycles. The van der Waals surface area contributed by atoms with Crippen molar-refractivity contribution in [1.29, 1.82) is 5.26 Å². The van der Waals surface area contributed by atoms with Crippen molar-refractivity contribution in [3.05, 3.63) is 33.9 Å². The SMILES string of the molecule is CC1OCCC1(O)CNc1ccc(C#N)c([N+](=O)[O-])c1. The summed E-state index contributed by atoms with van der Waals surface area (Å²) in [5, 5.41) is 33.0. The molecule has 0 aliphatic carbocycles. The van der Waals surface area contributed by atoms with Crippen LogP contribution in [0.3, 0.4) is 0 Å². The summed E-state index contributed by atoms with van der Waals surface area (Å²) in [5.41, 5.74) is -0.733. The normalized spacial score (nSPS) is 25.1. The van der Waals surface area contributed by atoms with Gasteiger partial charge in [-0.1, -0.05) is 0 Å². The first kappa shape index (κ1) is 14.2. The number of hydrogen-bond acceptors (Lipinski definition) is 6. The topological polar surface area (TPSA) is 108 Å². The predicted octanol–water partition coefficient (Wildman–Crippen LogP) is 1.42. The number of hydrogen-bond donors (Lipinski definition) is 2. The standard InChI is InChI=1S/C13H15N3O4/c1-9-13(17,4-5-20-9)8-15-11-3-2-10(7-14)12(6-11)16(18)19/h2-3,6,9,15,17H,4-5,8H2,1H3. The number of ether oxygens (including phenoxy) is 1. The molecule has 2 N–H and O–H groups in total. The zero-order valence-electron chi connectivity index (χ0n) is 11.0. The van der Waals surface area contributed by atoms with E-state index in [1.807, 2.05) is 0 Å². The fourth-order valence-electron chi connectivity index (χ4n) is 2.15. The number of nitrogens with one attached hydrogen (secondary N) is 1. The Balaban J connectivity index is 2.13. The molecule has 2 atom stereocenters. The van der Waals surface area contributed by atoms with E-state index in [9.17, 15) is 15.2 Å². The number of rotatable bonds is 4. The number of aliphatic hydroxyl groups is 1. The van der Waals surface area contributed by atoms with Gasteiger partial charge in [-0.25, -0.2) is 0 Å². The van der Waals surface area contributed by atoms with E-state index >= 15 is 0 Å². The van der Waals surface area contributed by atoms with E-state index in [0.29, 0.717) is 18.7 Å². The molecule has 0 bridgehead atoms. The minimum absolute atomic E-state index is 0.0110. The molecular weight excluding hydrogens is 262 g/mol. The zero-order valence-corrected chi connectivity index (χ0v) is 11.0. The summed E-state index contributed by atoms with van der Waals surface area (Å²) in [6.45, 7) is 2.51. The van der Waals surface area contributed by atoms with Gasteiger partial charge in [-0.05, 0) is 19.1 Å². The highest BCUT2D eigenvalue weighted by molar-refractivity contribution is 5.59. The van der Waals surface area contributed by atoms with Crippen molar-refractivity contribution < 1.29 is 14.8 Å². The molecule has 2 unspecified atom stereocenters. The summed E-state index contributed by atoms with van der Waals surface area (Å²) in [5.74, 6) is 0. The van der Waals surface area contributed by atoms with E-state index in [-0.39, 0.29) is 23.9 Å². The van der Waals surface area contributed by atoms with Crippen LogP contribution in [0, 0.1) is 21.4 Å². The number of benzene rings is 1. The van der Waals surface area contributed by atoms with Gasteiger partial charge in [0.2, 0.25) is 0 Å². The van der Waals surface area contributed by atoms with Gasteiger partial charge in [0.05, 0.1) is 11.0 Å². The maximum Gasteiger partial charge on any atom is 0.289 e. The van der Waals surface area contributed by atoms with Gasteiger partial charge < -0.3 is 15.2 Å². The van der Waals surface area contributed by atoms with Gasteiger partial charge in [0.25, 0.3) is 5.69 Å². The third-order valence-corrected chi connectivity index (χ3v) is 3.57. The first-order valence-electron chi connectivity index (χ1n) is 6.23. The van der Waals surface area contributed by atoms with Crippen molar-refractivity contribution in [2.24, 2.45) is 0 Å². The summed E-state index contributed by atoms with van der Waals surface area (Å²) in [6, 6.07) is 6.04. The van der Waals surface area contributed by atoms with Crippen LogP contribution in [0.4, 0.5) is 11.4 Å². The maximum absolute atomic E-state index is 10.9. The molecule has 2 rings (SSSR count). The van der Waals surface area contributed by atoms with Gasteiger partial charge in [-0.3, -0.25) is 10.1 Å². The van der Waals surface area contributed by atoms with E-state index in [1.54, 1.807) is 19.1 Å². The van der Waals surface area contributed by atoms with Crippen molar-refractivity contribution in [1.82, 2.24) is 0 Å². The second kappa shape index (κ2) is 5.45. The molecule has 1 aromatic carbocycles. The largest absolute Gasteiger partial charge is 0.385 e. The first-order chi connectivity index (χ1) is 9.46. The Morgan fingerprint density at radius 2 is 2.45 bits per heavy atom. The number of nitro groups is 1. The Morgan fingerprint density at radius 1 is 1.70 bits per heavy atom. The molecule has 1 saturated heterocycles. The van der Waals surface area contributed by atoms with Gasteiger partial charge in [-0.15, -0.1) is 0 Å². The van der Waals surface area contributed by atoms with Crippen LogP contribution in [0.25, 0.3) is 0 Å². The molecule has 7 heteroatoms. The van der Waals surface area contributed by atoms with E-state index < -0.39 is 10.5 Å². The number of nitrogens with zero attached hydrogens (tertiary/aromatic N) is 2. The summed E-state index contributed by atoms with van der Waals surface area (Å²) in [7, 11) is 0. The number of anilines is 1. The lowest BCUT2D eigenvalue weighted by molar-refractivity contribution is -0.385. The van der Waals surface area contributed by atoms with Crippen molar-refractivity contribution in [2.75, 3.05) is 18.5 Å². The zero-order chi connectivity index (χ0) is 14.8. The molecule has 0 amide bonds. The Hall–Kier alpha value is -2.17. The van der Waals surface area contributed by atoms with Gasteiger partial charge in [0.15, 0.2) is 0 Å². The van der Waals surface area contributed by atoms with E-state index in [1.165, 1.54) is 12.1 Å². The molecule has 0 spiro atoms. The number of nitriles is 1. The highest BCUT2D eigenvalue weighted by Gasteiger charge is 2.39. The van der Waals surface area contributed by atoms with E-state index in [2.05, 4.69) is 5.32 Å². The number of nitro benzene ring substituents is 1. The molecule has 1 aliphatic rings. The van der Waals surface area contributed by atoms with Gasteiger partial charge in [-0.2, -0.15) is 5.26 Å². The van der Waals surface area contributed by atoms with Crippen molar-refractivity contribution >= 4 is 11.4 Å². The van der Waals surface area contributed by atoms with Crippen molar-refractivity contribution in [3.8, 4) is 6.07 Å². The fourth-order valence-corrected chi connectivity index (χ4v) is 2.15. The average Bonchev–Trinajstić information content (AvgIpc) is 2.76. The van der Waals surface area contributed by atoms with Crippen LogP contribution in [0.2, 0.25) is 0 Å². The van der Waals surface area contributed by atoms with Crippen LogP contribution in [0.5, 0.6) is 0 Å². The Bertz CT molecular complexity index is 569. The van der Waals surface area contributed by atoms with Crippen molar-refractivity contribution in [3.63, 3.8) is 0 Å². The van der Waals surface area contributed by atoms with Gasteiger partial charge >= 0.3 is 0 Å². The van der Waals surface area contributed by atoms with E-state index in [0.717, 1.165) is 0 Å². The predicted molar refractivity (Wildman–Crippen MR) is 71.3 cm³/mol. The molecule has 1 fully saturated rings. The van der Waals surface area contributed by atoms with Crippen LogP contribution in [-0.4, -0.2) is 34.9 Å². The second-order valence-electron chi connectivity index (χ2n) is 4.82. The lowest BCUT2D eigenvalue weighted by Gasteiger charge is -2.26. The molecule has 1 heterocycles. The average molecular weight is 277 g/mol. The third kappa shape index (κ3) is 2.71. The minimum Gasteiger partial charge on any atom is -0.385 e. The van der Waals surface area contributed by atoms with Crippen LogP contribution in [0.1, 0.15) is 18.9 Å². The Morgan fingerprint density at radius 3 is 3.00 bits per heavy atom. The molecule has 0 saturated carbocycles. The highest BCUT2D eigenvalue weighted by atomic mass is 16.6. The lowest BCUT2D eigenvalue weighted by Crippen LogP contribution is -2.43. The summed E-state index contributed by atoms with van der Waals surface area (Å²) < 4.78 is 5.31. The molecule has 7 nitrogen and oxygen atoms in total. The van der Waals surface area contributed by atoms with Crippen LogP contribution < -0.4 is 5.32 Å². The van der Waals surface area contributed by atoms with Crippen LogP contribution >= 0.6 is 0 Å². The molecule has 1 aromatic rings. The highest BCUT2D eigenvalue weighted by Crippen LogP contribution is 2.27. The first-order valence-corrected chi connectivity index (χ1v) is 6.23. The van der Waals surface area contributed by atoms with Gasteiger partial charge in [0, 0.05) is 31.3 Å². The Labute approximate surface area is 115 Å². The lowest BCUT2D eigenvalue weighted by atomic mass is 9.96. The summed E-state index contributed by atoms with van der Waals surface area (Å²) in [6.07, 6.45) is 0.225. The smallest absolute Gasteiger partial charge is 0.289 e. The minimum atomic E-state index is -0.983. The fraction of sp³-hybridized carbons (Fsp3) is 0.462. The third-order valence-electron chi connectivity index (χ3n) is 3.57. The van der Waals surface area contributed by atoms with Gasteiger partial charge in [0.1, 0.15) is 17.2 Å². The quantitative estimate of drug-likeness (QED) is 0.636. The monoisotopic (exact) mass is 277 g/mol.